The van der Waals surface area contributed by atoms with Crippen LogP contribution in [0, 0.1) is 0 Å². The number of rotatable bonds is 1. The molecule has 1 fully saturated rings. The maximum absolute atomic E-state index is 4.76. The van der Waals surface area contributed by atoms with E-state index >= 15 is 0 Å². The molecule has 2 aromatic rings. The van der Waals surface area contributed by atoms with Gasteiger partial charge in [-0.3, -0.25) is 0 Å². The van der Waals surface area contributed by atoms with Crippen LogP contribution >= 0.6 is 11.3 Å². The van der Waals surface area contributed by atoms with E-state index in [2.05, 4.69) is 36.5 Å². The Labute approximate surface area is 99.7 Å². The molecule has 3 heteroatoms. The summed E-state index contributed by atoms with van der Waals surface area (Å²) >= 11 is 1.87. The Hall–Kier alpha value is -0.930. The molecule has 2 nitrogen and oxygen atoms in total. The first-order chi connectivity index (χ1) is 7.83. The molecule has 84 valence electrons. The summed E-state index contributed by atoms with van der Waals surface area (Å²) < 4.78 is 1.32. The van der Waals surface area contributed by atoms with E-state index in [-0.39, 0.29) is 0 Å². The zero-order chi connectivity index (χ0) is 11.0. The fourth-order valence-corrected chi connectivity index (χ4v) is 3.54. The standard InChI is InChI=1S/C13H16N2S/c1-9-8-10(6-7-14-9)13-15-11-4-2-3-5-12(11)16-13/h2-5,9-10,14H,6-8H2,1H3/t9-,10+/m1/s1. The summed E-state index contributed by atoms with van der Waals surface area (Å²) in [5.74, 6) is 0.661. The van der Waals surface area contributed by atoms with E-state index in [1.54, 1.807) is 0 Å². The van der Waals surface area contributed by atoms with Gasteiger partial charge >= 0.3 is 0 Å². The zero-order valence-electron chi connectivity index (χ0n) is 9.44. The van der Waals surface area contributed by atoms with Gasteiger partial charge in [-0.15, -0.1) is 11.3 Å². The molecule has 1 aromatic carbocycles. The van der Waals surface area contributed by atoms with Crippen molar-refractivity contribution in [3.63, 3.8) is 0 Å². The first kappa shape index (κ1) is 10.2. The van der Waals surface area contributed by atoms with Gasteiger partial charge in [-0.1, -0.05) is 12.1 Å². The number of aromatic nitrogens is 1. The molecular formula is C13H16N2S. The van der Waals surface area contributed by atoms with Crippen molar-refractivity contribution in [1.82, 2.24) is 10.3 Å². The van der Waals surface area contributed by atoms with Crippen LogP contribution < -0.4 is 5.32 Å². The Bertz CT molecular complexity index is 458. The molecule has 1 saturated heterocycles. The van der Waals surface area contributed by atoms with Crippen LogP contribution in [0.25, 0.3) is 10.2 Å². The third-order valence-electron chi connectivity index (χ3n) is 3.28. The van der Waals surface area contributed by atoms with E-state index in [4.69, 9.17) is 4.98 Å². The Kier molecular flexibility index (Phi) is 2.65. The molecule has 0 unspecified atom stereocenters. The van der Waals surface area contributed by atoms with Crippen molar-refractivity contribution >= 4 is 21.6 Å². The van der Waals surface area contributed by atoms with Crippen LogP contribution in [0.5, 0.6) is 0 Å². The maximum atomic E-state index is 4.76. The van der Waals surface area contributed by atoms with Gasteiger partial charge < -0.3 is 5.32 Å². The summed E-state index contributed by atoms with van der Waals surface area (Å²) in [6.07, 6.45) is 2.45. The molecule has 1 aliphatic heterocycles. The lowest BCUT2D eigenvalue weighted by atomic mass is 9.94. The van der Waals surface area contributed by atoms with Gasteiger partial charge in [0.15, 0.2) is 0 Å². The van der Waals surface area contributed by atoms with E-state index in [1.165, 1.54) is 22.5 Å². The van der Waals surface area contributed by atoms with Gasteiger partial charge in [-0.25, -0.2) is 4.98 Å². The number of hydrogen-bond acceptors (Lipinski definition) is 3. The summed E-state index contributed by atoms with van der Waals surface area (Å²) in [5.41, 5.74) is 1.16. The molecule has 0 radical (unpaired) electrons. The van der Waals surface area contributed by atoms with Crippen molar-refractivity contribution in [2.45, 2.75) is 31.7 Å². The second kappa shape index (κ2) is 4.15. The molecule has 1 aromatic heterocycles. The van der Waals surface area contributed by atoms with E-state index < -0.39 is 0 Å². The highest BCUT2D eigenvalue weighted by Crippen LogP contribution is 2.33. The molecule has 0 amide bonds. The van der Waals surface area contributed by atoms with Gasteiger partial charge in [-0.05, 0) is 38.4 Å². The number of benzene rings is 1. The maximum Gasteiger partial charge on any atom is 0.0970 e. The van der Waals surface area contributed by atoms with Crippen molar-refractivity contribution in [3.8, 4) is 0 Å². The minimum absolute atomic E-state index is 0.630. The lowest BCUT2D eigenvalue weighted by Crippen LogP contribution is -2.34. The first-order valence-electron chi connectivity index (χ1n) is 5.92. The molecule has 0 saturated carbocycles. The van der Waals surface area contributed by atoms with E-state index in [1.807, 2.05) is 11.3 Å². The lowest BCUT2D eigenvalue weighted by Gasteiger charge is -2.26. The minimum Gasteiger partial charge on any atom is -0.314 e. The monoisotopic (exact) mass is 232 g/mol. The number of nitrogens with zero attached hydrogens (tertiary/aromatic N) is 1. The van der Waals surface area contributed by atoms with E-state index in [0.29, 0.717) is 12.0 Å². The minimum atomic E-state index is 0.630. The normalized spacial score (nSPS) is 26.1. The number of piperidine rings is 1. The second-order valence-corrected chi connectivity index (χ2v) is 5.66. The van der Waals surface area contributed by atoms with E-state index in [9.17, 15) is 0 Å². The topological polar surface area (TPSA) is 24.9 Å². The SMILES string of the molecule is C[C@@H]1C[C@@H](c2nc3ccccc3s2)CCN1. The molecule has 1 N–H and O–H groups in total. The molecule has 0 bridgehead atoms. The van der Waals surface area contributed by atoms with Crippen molar-refractivity contribution in [2.24, 2.45) is 0 Å². The van der Waals surface area contributed by atoms with Gasteiger partial charge in [0.05, 0.1) is 15.2 Å². The van der Waals surface area contributed by atoms with Crippen LogP contribution in [-0.2, 0) is 0 Å². The zero-order valence-corrected chi connectivity index (χ0v) is 10.3. The van der Waals surface area contributed by atoms with Gasteiger partial charge in [0.2, 0.25) is 0 Å². The van der Waals surface area contributed by atoms with Crippen LogP contribution in [0.1, 0.15) is 30.7 Å². The molecule has 2 heterocycles. The van der Waals surface area contributed by atoms with Crippen molar-refractivity contribution in [3.05, 3.63) is 29.3 Å². The van der Waals surface area contributed by atoms with Crippen LogP contribution in [0.15, 0.2) is 24.3 Å². The second-order valence-electron chi connectivity index (χ2n) is 4.60. The Morgan fingerprint density at radius 2 is 2.25 bits per heavy atom. The number of hydrogen-bond donors (Lipinski definition) is 1. The summed E-state index contributed by atoms with van der Waals surface area (Å²) in [6.45, 7) is 3.39. The number of fused-ring (bicyclic) bond motifs is 1. The molecule has 1 aliphatic rings. The third-order valence-corrected chi connectivity index (χ3v) is 4.48. The summed E-state index contributed by atoms with van der Waals surface area (Å²) in [7, 11) is 0. The van der Waals surface area contributed by atoms with Crippen molar-refractivity contribution in [2.75, 3.05) is 6.54 Å². The summed E-state index contributed by atoms with van der Waals surface area (Å²) in [6, 6.07) is 9.07. The molecular weight excluding hydrogens is 216 g/mol. The smallest absolute Gasteiger partial charge is 0.0970 e. The van der Waals surface area contributed by atoms with Crippen LogP contribution in [0.2, 0.25) is 0 Å². The first-order valence-corrected chi connectivity index (χ1v) is 6.73. The Balaban J connectivity index is 1.93. The Morgan fingerprint density at radius 1 is 1.38 bits per heavy atom. The third kappa shape index (κ3) is 1.85. The predicted molar refractivity (Wildman–Crippen MR) is 69.1 cm³/mol. The highest BCUT2D eigenvalue weighted by atomic mass is 32.1. The average Bonchev–Trinajstić information content (AvgIpc) is 2.72. The van der Waals surface area contributed by atoms with Gasteiger partial charge in [0, 0.05) is 12.0 Å². The molecule has 16 heavy (non-hydrogen) atoms. The fraction of sp³-hybridized carbons (Fsp3) is 0.462. The largest absolute Gasteiger partial charge is 0.314 e. The summed E-state index contributed by atoms with van der Waals surface area (Å²) in [5, 5.41) is 4.82. The predicted octanol–water partition coefficient (Wildman–Crippen LogP) is 3.15. The van der Waals surface area contributed by atoms with Crippen LogP contribution in [0.3, 0.4) is 0 Å². The van der Waals surface area contributed by atoms with Crippen LogP contribution in [-0.4, -0.2) is 17.6 Å². The number of para-hydroxylation sites is 1. The van der Waals surface area contributed by atoms with Gasteiger partial charge in [-0.2, -0.15) is 0 Å². The fourth-order valence-electron chi connectivity index (χ4n) is 2.42. The molecule has 3 rings (SSSR count). The Morgan fingerprint density at radius 3 is 3.06 bits per heavy atom. The number of nitrogens with one attached hydrogen (secondary N) is 1. The van der Waals surface area contributed by atoms with Crippen molar-refractivity contribution in [1.29, 1.82) is 0 Å². The highest BCUT2D eigenvalue weighted by molar-refractivity contribution is 7.18. The van der Waals surface area contributed by atoms with Gasteiger partial charge in [0.25, 0.3) is 0 Å². The molecule has 0 spiro atoms. The van der Waals surface area contributed by atoms with E-state index in [0.717, 1.165) is 12.1 Å². The summed E-state index contributed by atoms with van der Waals surface area (Å²) in [4.78, 5) is 4.76. The average molecular weight is 232 g/mol. The quantitative estimate of drug-likeness (QED) is 0.817. The van der Waals surface area contributed by atoms with Crippen LogP contribution in [0.4, 0.5) is 0 Å². The molecule has 2 atom stereocenters. The van der Waals surface area contributed by atoms with Gasteiger partial charge in [0.1, 0.15) is 0 Å². The highest BCUT2D eigenvalue weighted by Gasteiger charge is 2.22. The number of thiazole rings is 1. The lowest BCUT2D eigenvalue weighted by molar-refractivity contribution is 0.381. The molecule has 0 aliphatic carbocycles. The van der Waals surface area contributed by atoms with Crippen molar-refractivity contribution < 1.29 is 0 Å².